The number of amides is 2. The van der Waals surface area contributed by atoms with E-state index in [2.05, 4.69) is 20.8 Å². The van der Waals surface area contributed by atoms with Crippen molar-refractivity contribution in [1.29, 1.82) is 0 Å². The van der Waals surface area contributed by atoms with Gasteiger partial charge in [0.2, 0.25) is 0 Å². The van der Waals surface area contributed by atoms with Crippen LogP contribution in [-0.2, 0) is 18.9 Å². The minimum atomic E-state index is -0.851. The first-order chi connectivity index (χ1) is 10.0. The van der Waals surface area contributed by atoms with Gasteiger partial charge in [0.25, 0.3) is 11.8 Å². The van der Waals surface area contributed by atoms with Crippen molar-refractivity contribution in [3.05, 3.63) is 0 Å². The van der Waals surface area contributed by atoms with Gasteiger partial charge in [0.05, 0.1) is 0 Å². The first-order valence-electron chi connectivity index (χ1n) is 7.77. The molecule has 4 atom stereocenters. The highest BCUT2D eigenvalue weighted by molar-refractivity contribution is 6.49. The maximum absolute atomic E-state index is 12.3. The van der Waals surface area contributed by atoms with Crippen molar-refractivity contribution in [2.75, 3.05) is 28.2 Å². The van der Waals surface area contributed by atoms with Crippen molar-refractivity contribution in [2.24, 2.45) is 11.3 Å². The van der Waals surface area contributed by atoms with Gasteiger partial charge in [0, 0.05) is 28.2 Å². The fraction of sp³-hybridized carbons (Fsp3) is 0.867. The third kappa shape index (κ3) is 3.30. The number of carbonyl (C=O) groups excluding carboxylic acids is 2. The Kier molecular flexibility index (Phi) is 4.60. The van der Waals surface area contributed by atoms with Gasteiger partial charge in [-0.3, -0.25) is 9.59 Å². The molecule has 0 spiro atoms. The molecular formula is C15H27BN2O4. The number of carbonyl (C=O) groups is 2. The van der Waals surface area contributed by atoms with Crippen LogP contribution in [0.4, 0.5) is 0 Å². The molecule has 1 heterocycles. The maximum Gasteiger partial charge on any atom is 0.461 e. The zero-order valence-electron chi connectivity index (χ0n) is 14.6. The smallest absolute Gasteiger partial charge is 0.396 e. The molecule has 22 heavy (non-hydrogen) atoms. The number of nitrogens with zero attached hydrogens (tertiary/aromatic N) is 2. The molecule has 6 nitrogen and oxygen atoms in total. The fourth-order valence-electron chi connectivity index (χ4n) is 3.06. The van der Waals surface area contributed by atoms with E-state index in [-0.39, 0.29) is 23.0 Å². The summed E-state index contributed by atoms with van der Waals surface area (Å²) in [5.41, 5.74) is 0.183. The van der Waals surface area contributed by atoms with Crippen molar-refractivity contribution in [3.63, 3.8) is 0 Å². The van der Waals surface area contributed by atoms with Gasteiger partial charge in [0.15, 0.2) is 12.2 Å². The third-order valence-corrected chi connectivity index (χ3v) is 4.51. The predicted octanol–water partition coefficient (Wildman–Crippen LogP) is 0.871. The lowest BCUT2D eigenvalue weighted by Crippen LogP contribution is -2.47. The summed E-state index contributed by atoms with van der Waals surface area (Å²) < 4.78 is 11.7. The average molecular weight is 310 g/mol. The standard InChI is InChI=1S/C15H27BN2O4/c1-15(2,3)9-8-10(9)16-21-11(13(19)17(4)5)12(22-16)14(20)18(6)7/h9-12H,8H2,1-7H3/t9-,10-,11+,12+/m1/s1. The van der Waals surface area contributed by atoms with Gasteiger partial charge in [-0.1, -0.05) is 20.8 Å². The molecule has 2 rings (SSSR count). The molecule has 7 heteroatoms. The van der Waals surface area contributed by atoms with Gasteiger partial charge < -0.3 is 19.1 Å². The largest absolute Gasteiger partial charge is 0.461 e. The van der Waals surface area contributed by atoms with Crippen LogP contribution in [0.1, 0.15) is 27.2 Å². The summed E-state index contributed by atoms with van der Waals surface area (Å²) >= 11 is 0. The van der Waals surface area contributed by atoms with Gasteiger partial charge in [-0.05, 0) is 23.6 Å². The Morgan fingerprint density at radius 1 is 0.955 bits per heavy atom. The van der Waals surface area contributed by atoms with E-state index in [4.69, 9.17) is 9.31 Å². The van der Waals surface area contributed by atoms with Crippen LogP contribution in [0.5, 0.6) is 0 Å². The van der Waals surface area contributed by atoms with E-state index in [0.29, 0.717) is 5.92 Å². The van der Waals surface area contributed by atoms with Crippen molar-refractivity contribution in [3.8, 4) is 0 Å². The quantitative estimate of drug-likeness (QED) is 0.726. The molecule has 1 aliphatic heterocycles. The molecule has 0 N–H and O–H groups in total. The van der Waals surface area contributed by atoms with Crippen LogP contribution in [0.15, 0.2) is 0 Å². The van der Waals surface area contributed by atoms with Crippen LogP contribution in [0.25, 0.3) is 0 Å². The van der Waals surface area contributed by atoms with E-state index in [1.165, 1.54) is 9.80 Å². The summed E-state index contributed by atoms with van der Waals surface area (Å²) in [6.45, 7) is 6.58. The average Bonchev–Trinajstić information content (AvgIpc) is 3.10. The topological polar surface area (TPSA) is 59.1 Å². The fourth-order valence-corrected chi connectivity index (χ4v) is 3.06. The van der Waals surface area contributed by atoms with Gasteiger partial charge in [-0.2, -0.15) is 0 Å². The number of hydrogen-bond acceptors (Lipinski definition) is 4. The Bertz CT molecular complexity index is 433. The Hall–Kier alpha value is -1.08. The molecule has 124 valence electrons. The molecule has 1 saturated heterocycles. The highest BCUT2D eigenvalue weighted by Gasteiger charge is 2.60. The third-order valence-electron chi connectivity index (χ3n) is 4.51. The summed E-state index contributed by atoms with van der Waals surface area (Å²) in [7, 11) is 6.17. The lowest BCUT2D eigenvalue weighted by atomic mass is 9.75. The lowest BCUT2D eigenvalue weighted by molar-refractivity contribution is -0.146. The molecular weight excluding hydrogens is 283 g/mol. The molecule has 0 bridgehead atoms. The Morgan fingerprint density at radius 3 is 1.64 bits per heavy atom. The van der Waals surface area contributed by atoms with Crippen LogP contribution in [0, 0.1) is 11.3 Å². The van der Waals surface area contributed by atoms with Crippen molar-refractivity contribution in [1.82, 2.24) is 9.80 Å². The molecule has 2 fully saturated rings. The minimum Gasteiger partial charge on any atom is -0.396 e. The molecule has 1 saturated carbocycles. The predicted molar refractivity (Wildman–Crippen MR) is 84.2 cm³/mol. The van der Waals surface area contributed by atoms with Crippen LogP contribution >= 0.6 is 0 Å². The molecule has 1 aliphatic carbocycles. The molecule has 0 radical (unpaired) electrons. The minimum absolute atomic E-state index is 0.183. The second-order valence-electron chi connectivity index (χ2n) is 7.82. The summed E-state index contributed by atoms with van der Waals surface area (Å²) in [4.78, 5) is 27.5. The second kappa shape index (κ2) is 5.85. The molecule has 0 unspecified atom stereocenters. The number of likely N-dealkylation sites (N-methyl/N-ethyl adjacent to an activating group) is 2. The summed E-state index contributed by atoms with van der Waals surface area (Å²) in [6.07, 6.45) is -0.688. The second-order valence-corrected chi connectivity index (χ2v) is 7.82. The van der Waals surface area contributed by atoms with E-state index in [1.54, 1.807) is 28.2 Å². The highest BCUT2D eigenvalue weighted by Crippen LogP contribution is 2.58. The number of rotatable bonds is 3. The van der Waals surface area contributed by atoms with Gasteiger partial charge in [-0.25, -0.2) is 0 Å². The van der Waals surface area contributed by atoms with Crippen LogP contribution < -0.4 is 0 Å². The zero-order valence-corrected chi connectivity index (χ0v) is 14.6. The highest BCUT2D eigenvalue weighted by atomic mass is 16.7. The molecule has 0 aromatic carbocycles. The van der Waals surface area contributed by atoms with E-state index in [1.807, 2.05) is 0 Å². The summed E-state index contributed by atoms with van der Waals surface area (Å²) in [5, 5.41) is 0. The first kappa shape index (κ1) is 17.3. The van der Waals surface area contributed by atoms with E-state index in [0.717, 1.165) is 6.42 Å². The Morgan fingerprint density at radius 2 is 1.36 bits per heavy atom. The number of hydrogen-bond donors (Lipinski definition) is 0. The normalized spacial score (nSPS) is 31.1. The summed E-state index contributed by atoms with van der Waals surface area (Å²) in [6, 6.07) is 0. The Labute approximate surface area is 133 Å². The molecule has 0 aromatic heterocycles. The zero-order chi connectivity index (χ0) is 16.8. The van der Waals surface area contributed by atoms with Gasteiger partial charge in [-0.15, -0.1) is 0 Å². The SMILES string of the molecule is CN(C)C(=O)[C@H]1OB([C@@H]2C[C@H]2C(C)(C)C)O[C@@H]1C(=O)N(C)C. The Balaban J connectivity index is 2.12. The van der Waals surface area contributed by atoms with Crippen LogP contribution in [0.3, 0.4) is 0 Å². The molecule has 2 amide bonds. The lowest BCUT2D eigenvalue weighted by Gasteiger charge is -2.22. The van der Waals surface area contributed by atoms with Gasteiger partial charge in [0.1, 0.15) is 0 Å². The van der Waals surface area contributed by atoms with E-state index in [9.17, 15) is 9.59 Å². The molecule has 2 aliphatic rings. The van der Waals surface area contributed by atoms with E-state index < -0.39 is 19.3 Å². The maximum atomic E-state index is 12.3. The monoisotopic (exact) mass is 310 g/mol. The molecule has 0 aromatic rings. The van der Waals surface area contributed by atoms with Crippen LogP contribution in [0.2, 0.25) is 5.82 Å². The van der Waals surface area contributed by atoms with E-state index >= 15 is 0 Å². The van der Waals surface area contributed by atoms with Crippen molar-refractivity contribution >= 4 is 18.9 Å². The first-order valence-corrected chi connectivity index (χ1v) is 7.77. The summed E-state index contributed by atoms with van der Waals surface area (Å²) in [5.74, 6) is 0.310. The van der Waals surface area contributed by atoms with Gasteiger partial charge >= 0.3 is 7.12 Å². The van der Waals surface area contributed by atoms with Crippen LogP contribution in [-0.4, -0.2) is 69.1 Å². The van der Waals surface area contributed by atoms with Crippen molar-refractivity contribution in [2.45, 2.75) is 45.2 Å². The van der Waals surface area contributed by atoms with Crippen molar-refractivity contribution < 1.29 is 18.9 Å².